The van der Waals surface area contributed by atoms with Gasteiger partial charge >= 0.3 is 21.1 Å². The number of hydrogen-bond acceptors (Lipinski definition) is 4. The molecule has 48 heavy (non-hydrogen) atoms. The summed E-state index contributed by atoms with van der Waals surface area (Å²) in [7, 11) is 0. The van der Waals surface area contributed by atoms with Crippen molar-refractivity contribution in [2.24, 2.45) is 0 Å². The number of nitrogens with zero attached hydrogens (tertiary/aromatic N) is 4. The summed E-state index contributed by atoms with van der Waals surface area (Å²) in [6, 6.07) is 33.8. The Morgan fingerprint density at radius 2 is 1.54 bits per heavy atom. The number of ether oxygens (including phenoxy) is 2. The fourth-order valence-corrected chi connectivity index (χ4v) is 6.48. The molecule has 0 aliphatic heterocycles. The van der Waals surface area contributed by atoms with Crippen molar-refractivity contribution < 1.29 is 30.5 Å². The van der Waals surface area contributed by atoms with E-state index in [-0.39, 0.29) is 21.1 Å². The van der Waals surface area contributed by atoms with E-state index in [9.17, 15) is 0 Å². The van der Waals surface area contributed by atoms with Crippen LogP contribution in [0.15, 0.2) is 85.1 Å². The predicted molar refractivity (Wildman–Crippen MR) is 189 cm³/mol. The minimum atomic E-state index is 0. The van der Waals surface area contributed by atoms with Crippen molar-refractivity contribution in [1.29, 1.82) is 0 Å². The fourth-order valence-electron chi connectivity index (χ4n) is 6.48. The molecule has 0 aliphatic rings. The van der Waals surface area contributed by atoms with Crippen LogP contribution in [-0.4, -0.2) is 25.9 Å². The van der Waals surface area contributed by atoms with Crippen molar-refractivity contribution in [3.8, 4) is 39.9 Å². The molecular formula is C41H38N4O2Pt. The maximum Gasteiger partial charge on any atom is 2.00 e. The van der Waals surface area contributed by atoms with Crippen LogP contribution in [0, 0.1) is 32.9 Å². The van der Waals surface area contributed by atoms with E-state index in [0.29, 0.717) is 18.1 Å². The molecule has 0 atom stereocenters. The molecule has 244 valence electrons. The summed E-state index contributed by atoms with van der Waals surface area (Å²) in [5, 5.41) is 7.30. The summed E-state index contributed by atoms with van der Waals surface area (Å²) in [6.45, 7) is 13.5. The van der Waals surface area contributed by atoms with Crippen molar-refractivity contribution in [2.45, 2.75) is 54.4 Å². The molecule has 0 radical (unpaired) electrons. The number of para-hydroxylation sites is 1. The van der Waals surface area contributed by atoms with Gasteiger partial charge < -0.3 is 14.0 Å². The second kappa shape index (κ2) is 13.8. The van der Waals surface area contributed by atoms with Gasteiger partial charge in [-0.05, 0) is 86.0 Å². The standard InChI is InChI=1S/C41H38N4O2.Pt/c1-7-36-41(29-21-26(4)28(6)27(5)22-29)37(8-2)45(43-36)30-13-12-14-32(23-30)47-33-17-18-35-34-15-10-11-16-38(34)44(39(35)24-33)40-25-31(46-9-3)19-20-42-40;/h10-22,25H,7-9H2,1-6H3;/q-2;+2. The maximum atomic E-state index is 6.45. The van der Waals surface area contributed by atoms with Crippen molar-refractivity contribution in [2.75, 3.05) is 6.61 Å². The number of aryl methyl sites for hydroxylation is 3. The molecule has 7 aromatic rings. The smallest absolute Gasteiger partial charge is 0.509 e. The number of benzene rings is 4. The van der Waals surface area contributed by atoms with E-state index in [1.165, 1.54) is 27.8 Å². The van der Waals surface area contributed by atoms with Gasteiger partial charge in [0.05, 0.1) is 12.3 Å². The summed E-state index contributed by atoms with van der Waals surface area (Å²) >= 11 is 0. The van der Waals surface area contributed by atoms with Crippen LogP contribution >= 0.6 is 0 Å². The molecule has 0 fully saturated rings. The van der Waals surface area contributed by atoms with Crippen molar-refractivity contribution in [1.82, 2.24) is 19.3 Å². The van der Waals surface area contributed by atoms with Crippen molar-refractivity contribution in [3.05, 3.63) is 125 Å². The number of fused-ring (bicyclic) bond motifs is 3. The molecule has 0 aliphatic carbocycles. The second-order valence-electron chi connectivity index (χ2n) is 11.8. The van der Waals surface area contributed by atoms with Gasteiger partial charge in [-0.2, -0.15) is 17.2 Å². The molecule has 7 rings (SSSR count). The zero-order chi connectivity index (χ0) is 32.7. The third-order valence-corrected chi connectivity index (χ3v) is 8.95. The van der Waals surface area contributed by atoms with Crippen LogP contribution in [0.5, 0.6) is 17.2 Å². The molecule has 0 bridgehead atoms. The van der Waals surface area contributed by atoms with Gasteiger partial charge in [0.15, 0.2) is 0 Å². The Kier molecular flexibility index (Phi) is 9.57. The average Bonchev–Trinajstić information content (AvgIpc) is 3.63. The van der Waals surface area contributed by atoms with Crippen LogP contribution < -0.4 is 9.47 Å². The Bertz CT molecular complexity index is 2240. The first-order valence-electron chi connectivity index (χ1n) is 16.3. The molecule has 0 N–H and O–H groups in total. The Hall–Kier alpha value is -4.67. The molecule has 3 aromatic heterocycles. The summed E-state index contributed by atoms with van der Waals surface area (Å²) in [6.07, 6.45) is 3.45. The van der Waals surface area contributed by atoms with Gasteiger partial charge in [-0.25, -0.2) is 4.98 Å². The van der Waals surface area contributed by atoms with Gasteiger partial charge in [0.1, 0.15) is 11.6 Å². The van der Waals surface area contributed by atoms with E-state index in [1.54, 1.807) is 6.20 Å². The van der Waals surface area contributed by atoms with Crippen molar-refractivity contribution in [3.63, 3.8) is 0 Å². The van der Waals surface area contributed by atoms with Crippen LogP contribution in [0.1, 0.15) is 48.8 Å². The largest absolute Gasteiger partial charge is 2.00 e. The zero-order valence-corrected chi connectivity index (χ0v) is 30.4. The van der Waals surface area contributed by atoms with Gasteiger partial charge in [-0.3, -0.25) is 4.68 Å². The van der Waals surface area contributed by atoms with Gasteiger partial charge in [-0.15, -0.1) is 35.7 Å². The first kappa shape index (κ1) is 33.2. The minimum Gasteiger partial charge on any atom is -0.509 e. The minimum absolute atomic E-state index is 0. The van der Waals surface area contributed by atoms with Crippen LogP contribution in [0.25, 0.3) is 44.4 Å². The van der Waals surface area contributed by atoms with Gasteiger partial charge in [-0.1, -0.05) is 49.7 Å². The zero-order valence-electron chi connectivity index (χ0n) is 28.1. The SMILES string of the molecule is CCOc1ccnc(-n2c3[c-]c(Oc4[c-]c(-n5nc(CC)c(-c6cc(C)c(C)c(C)c6)c5CC)ccc4)ccc3c3ccccc32)c1.[Pt+2]. The molecule has 3 heterocycles. The van der Waals surface area contributed by atoms with E-state index < -0.39 is 0 Å². The molecule has 0 saturated carbocycles. The summed E-state index contributed by atoms with van der Waals surface area (Å²) in [5.74, 6) is 2.72. The number of rotatable bonds is 9. The van der Waals surface area contributed by atoms with E-state index in [1.807, 2.05) is 54.1 Å². The molecule has 0 unspecified atom stereocenters. The van der Waals surface area contributed by atoms with Crippen LogP contribution in [0.2, 0.25) is 0 Å². The normalized spacial score (nSPS) is 11.2. The second-order valence-corrected chi connectivity index (χ2v) is 11.8. The predicted octanol–water partition coefficient (Wildman–Crippen LogP) is 9.87. The number of pyridine rings is 1. The topological polar surface area (TPSA) is 54.1 Å². The van der Waals surface area contributed by atoms with Crippen LogP contribution in [-0.2, 0) is 33.9 Å². The van der Waals surface area contributed by atoms with E-state index in [4.69, 9.17) is 19.6 Å². The third-order valence-electron chi connectivity index (χ3n) is 8.95. The van der Waals surface area contributed by atoms with Gasteiger partial charge in [0.2, 0.25) is 0 Å². The third kappa shape index (κ3) is 5.95. The van der Waals surface area contributed by atoms with E-state index in [0.717, 1.165) is 63.3 Å². The fraction of sp³-hybridized carbons (Fsp3) is 0.220. The van der Waals surface area contributed by atoms with Crippen LogP contribution in [0.3, 0.4) is 0 Å². The van der Waals surface area contributed by atoms with E-state index >= 15 is 0 Å². The molecular weight excluding hydrogens is 776 g/mol. The number of hydrogen-bond donors (Lipinski definition) is 0. The molecule has 6 nitrogen and oxygen atoms in total. The molecule has 7 heteroatoms. The Balaban J connectivity index is 0.00000401. The first-order valence-corrected chi connectivity index (χ1v) is 16.3. The van der Waals surface area contributed by atoms with Gasteiger partial charge in [0, 0.05) is 40.5 Å². The summed E-state index contributed by atoms with van der Waals surface area (Å²) < 4.78 is 16.4. The first-order chi connectivity index (χ1) is 22.9. The molecule has 0 spiro atoms. The number of aromatic nitrogens is 4. The molecule has 0 amide bonds. The summed E-state index contributed by atoms with van der Waals surface area (Å²) in [5.41, 5.74) is 11.4. The quantitative estimate of drug-likeness (QED) is 0.136. The van der Waals surface area contributed by atoms with Crippen LogP contribution in [0.4, 0.5) is 0 Å². The summed E-state index contributed by atoms with van der Waals surface area (Å²) in [4.78, 5) is 4.70. The Morgan fingerprint density at radius 1 is 0.771 bits per heavy atom. The molecule has 4 aromatic carbocycles. The van der Waals surface area contributed by atoms with Gasteiger partial charge in [0.25, 0.3) is 0 Å². The molecule has 0 saturated heterocycles. The van der Waals surface area contributed by atoms with Crippen molar-refractivity contribution >= 4 is 21.8 Å². The average molecular weight is 814 g/mol. The maximum absolute atomic E-state index is 6.45. The Morgan fingerprint density at radius 3 is 2.29 bits per heavy atom. The monoisotopic (exact) mass is 813 g/mol. The van der Waals surface area contributed by atoms with E-state index in [2.05, 4.69) is 87.7 Å². The Labute approximate surface area is 296 Å².